The van der Waals surface area contributed by atoms with Gasteiger partial charge in [0.25, 0.3) is 0 Å². The van der Waals surface area contributed by atoms with Crippen LogP contribution in [0.15, 0.2) is 0 Å². The van der Waals surface area contributed by atoms with Gasteiger partial charge in [-0.15, -0.1) is 0 Å². The lowest BCUT2D eigenvalue weighted by atomic mass is 9.47. The van der Waals surface area contributed by atoms with E-state index in [1.807, 2.05) is 0 Å². The summed E-state index contributed by atoms with van der Waals surface area (Å²) in [6.45, 7) is 29.1. The first-order valence-corrected chi connectivity index (χ1v) is 19.9. The maximum Gasteiger partial charge on any atom is -0.0230 e. The summed E-state index contributed by atoms with van der Waals surface area (Å²) < 4.78 is 0. The molecule has 13 atom stereocenters. The van der Waals surface area contributed by atoms with Gasteiger partial charge >= 0.3 is 0 Å². The van der Waals surface area contributed by atoms with Crippen LogP contribution in [0.4, 0.5) is 0 Å². The lowest BCUT2D eigenvalue weighted by Gasteiger charge is -2.57. The van der Waals surface area contributed by atoms with Crippen molar-refractivity contribution in [2.75, 3.05) is 0 Å². The molecule has 0 aromatic heterocycles. The van der Waals surface area contributed by atoms with E-state index in [1.54, 1.807) is 64.2 Å². The van der Waals surface area contributed by atoms with Gasteiger partial charge in [0.2, 0.25) is 0 Å². The van der Waals surface area contributed by atoms with Gasteiger partial charge < -0.3 is 0 Å². The highest BCUT2D eigenvalue weighted by Gasteiger charge is 2.71. The third kappa shape index (κ3) is 4.83. The number of rotatable bonds is 0. The van der Waals surface area contributed by atoms with Crippen LogP contribution in [0.2, 0.25) is 0 Å². The third-order valence-corrected chi connectivity index (χ3v) is 17.6. The Morgan fingerprint density at radius 2 is 1.02 bits per heavy atom. The molecule has 7 aliphatic carbocycles. The Hall–Kier alpha value is 0. The number of hydrogen-bond acceptors (Lipinski definition) is 0. The molecule has 0 saturated heterocycles. The van der Waals surface area contributed by atoms with Gasteiger partial charge in [0.05, 0.1) is 0 Å². The minimum atomic E-state index is 0.430. The van der Waals surface area contributed by atoms with E-state index in [1.165, 1.54) is 25.7 Å². The maximum atomic E-state index is 2.82. The summed E-state index contributed by atoms with van der Waals surface area (Å²) in [6, 6.07) is 0. The molecular weight excluding hydrogens is 516 g/mol. The lowest BCUT2D eigenvalue weighted by molar-refractivity contribution is -0.0808. The van der Waals surface area contributed by atoms with Gasteiger partial charge in [-0.25, -0.2) is 0 Å². The van der Waals surface area contributed by atoms with Gasteiger partial charge in [-0.3, -0.25) is 0 Å². The molecule has 246 valence electrons. The van der Waals surface area contributed by atoms with Crippen molar-refractivity contribution in [2.45, 2.75) is 166 Å². The fourth-order valence-electron chi connectivity index (χ4n) is 15.6. The van der Waals surface area contributed by atoms with Gasteiger partial charge in [-0.2, -0.15) is 0 Å². The van der Waals surface area contributed by atoms with E-state index in [4.69, 9.17) is 0 Å². The molecule has 13 unspecified atom stereocenters. The molecule has 0 aromatic rings. The van der Waals surface area contributed by atoms with E-state index in [2.05, 4.69) is 76.2 Å². The standard InChI is InChI=1S/C43H74/c1-39(2,3)27-17-19-31-35(23-27)43(24-28(40(4,5)6)22-29(25-43)41(7,8)9)34-21-20-33-37(36(31)34)32-18-16-26-14-12-13-15-30(26)38(32)42(33,10)11/h26-38H,12-25H2,1-11H3. The topological polar surface area (TPSA) is 0 Å². The molecule has 0 N–H and O–H groups in total. The Morgan fingerprint density at radius 1 is 0.465 bits per heavy atom. The Labute approximate surface area is 269 Å². The summed E-state index contributed by atoms with van der Waals surface area (Å²) in [5.74, 6) is 13.1. The molecule has 7 aliphatic rings. The second-order valence-electron chi connectivity index (χ2n) is 22.4. The molecule has 0 radical (unpaired) electrons. The third-order valence-electron chi connectivity index (χ3n) is 17.6. The molecule has 0 aromatic carbocycles. The molecule has 43 heavy (non-hydrogen) atoms. The van der Waals surface area contributed by atoms with Crippen molar-refractivity contribution in [1.29, 1.82) is 0 Å². The van der Waals surface area contributed by atoms with Crippen molar-refractivity contribution in [1.82, 2.24) is 0 Å². The van der Waals surface area contributed by atoms with Crippen molar-refractivity contribution < 1.29 is 0 Å². The van der Waals surface area contributed by atoms with Crippen LogP contribution in [-0.4, -0.2) is 0 Å². The van der Waals surface area contributed by atoms with Gasteiger partial charge in [0, 0.05) is 0 Å². The minimum Gasteiger partial charge on any atom is -0.0599 e. The van der Waals surface area contributed by atoms with E-state index in [9.17, 15) is 0 Å². The monoisotopic (exact) mass is 591 g/mol. The molecule has 7 fully saturated rings. The van der Waals surface area contributed by atoms with Gasteiger partial charge in [-0.1, -0.05) is 95.4 Å². The number of fused-ring (bicyclic) bond motifs is 11. The van der Waals surface area contributed by atoms with E-state index in [0.29, 0.717) is 27.1 Å². The highest BCUT2D eigenvalue weighted by molar-refractivity contribution is 5.19. The van der Waals surface area contributed by atoms with Crippen molar-refractivity contribution in [3.05, 3.63) is 0 Å². The average Bonchev–Trinajstić information content (AvgIpc) is 3.32. The van der Waals surface area contributed by atoms with Crippen LogP contribution in [-0.2, 0) is 0 Å². The highest BCUT2D eigenvalue weighted by atomic mass is 14.8. The van der Waals surface area contributed by atoms with Crippen LogP contribution in [0.3, 0.4) is 0 Å². The second-order valence-corrected chi connectivity index (χ2v) is 22.4. The fraction of sp³-hybridized carbons (Fsp3) is 1.00. The van der Waals surface area contributed by atoms with Crippen molar-refractivity contribution in [3.8, 4) is 0 Å². The summed E-state index contributed by atoms with van der Waals surface area (Å²) >= 11 is 0. The SMILES string of the molecule is CC(C)(C)C1CCC2C3C4C5CCC6CCCCC6C5C(C)(C)C4CCC3C3(CC(C(C)(C)C)CC(C(C)(C)C)C3)C2C1. The van der Waals surface area contributed by atoms with Gasteiger partial charge in [0.15, 0.2) is 0 Å². The Bertz CT molecular complexity index is 1000. The summed E-state index contributed by atoms with van der Waals surface area (Å²) in [7, 11) is 0. The Kier molecular flexibility index (Phi) is 7.53. The van der Waals surface area contributed by atoms with E-state index in [0.717, 1.165) is 76.9 Å². The Balaban J connectivity index is 1.32. The summed E-state index contributed by atoms with van der Waals surface area (Å²) in [5, 5.41) is 0. The van der Waals surface area contributed by atoms with E-state index < -0.39 is 0 Å². The zero-order chi connectivity index (χ0) is 30.9. The zero-order valence-electron chi connectivity index (χ0n) is 30.9. The molecule has 0 heteroatoms. The molecular formula is C43H74. The molecule has 1 spiro atoms. The summed E-state index contributed by atoms with van der Waals surface area (Å²) in [6.07, 6.45) is 21.8. The summed E-state index contributed by atoms with van der Waals surface area (Å²) in [4.78, 5) is 0. The molecule has 7 saturated carbocycles. The normalized spacial score (nSPS) is 51.3. The zero-order valence-corrected chi connectivity index (χ0v) is 30.9. The highest BCUT2D eigenvalue weighted by Crippen LogP contribution is 2.78. The van der Waals surface area contributed by atoms with Gasteiger partial charge in [0.1, 0.15) is 0 Å². The van der Waals surface area contributed by atoms with Crippen LogP contribution >= 0.6 is 0 Å². The second kappa shape index (κ2) is 10.2. The maximum absolute atomic E-state index is 2.82. The number of hydrogen-bond donors (Lipinski definition) is 0. The minimum absolute atomic E-state index is 0.430. The summed E-state index contributed by atoms with van der Waals surface area (Å²) in [5.41, 5.74) is 2.51. The average molecular weight is 591 g/mol. The first-order valence-electron chi connectivity index (χ1n) is 19.9. The smallest absolute Gasteiger partial charge is 0.0230 e. The first-order chi connectivity index (χ1) is 19.9. The van der Waals surface area contributed by atoms with Crippen LogP contribution in [0.1, 0.15) is 166 Å². The predicted octanol–water partition coefficient (Wildman–Crippen LogP) is 12.7. The van der Waals surface area contributed by atoms with E-state index in [-0.39, 0.29) is 0 Å². The molecule has 0 aliphatic heterocycles. The van der Waals surface area contributed by atoms with Crippen LogP contribution in [0.5, 0.6) is 0 Å². The lowest BCUT2D eigenvalue weighted by Crippen LogP contribution is -2.49. The first kappa shape index (κ1) is 31.6. The predicted molar refractivity (Wildman–Crippen MR) is 185 cm³/mol. The fourth-order valence-corrected chi connectivity index (χ4v) is 15.6. The van der Waals surface area contributed by atoms with Crippen LogP contribution in [0, 0.1) is 104 Å². The van der Waals surface area contributed by atoms with Crippen molar-refractivity contribution >= 4 is 0 Å². The molecule has 7 rings (SSSR count). The Morgan fingerprint density at radius 3 is 1.65 bits per heavy atom. The quantitative estimate of drug-likeness (QED) is 0.263. The molecule has 0 amide bonds. The van der Waals surface area contributed by atoms with Crippen molar-refractivity contribution in [3.63, 3.8) is 0 Å². The van der Waals surface area contributed by atoms with Gasteiger partial charge in [-0.05, 0) is 175 Å². The van der Waals surface area contributed by atoms with Crippen LogP contribution in [0.25, 0.3) is 0 Å². The molecule has 0 bridgehead atoms. The van der Waals surface area contributed by atoms with Crippen molar-refractivity contribution in [2.24, 2.45) is 104 Å². The molecule has 0 heterocycles. The molecule has 0 nitrogen and oxygen atoms in total. The largest absolute Gasteiger partial charge is 0.0599 e. The van der Waals surface area contributed by atoms with E-state index >= 15 is 0 Å². The van der Waals surface area contributed by atoms with Crippen LogP contribution < -0.4 is 0 Å².